The van der Waals surface area contributed by atoms with Gasteiger partial charge in [0.15, 0.2) is 0 Å². The first-order chi connectivity index (χ1) is 4.96. The van der Waals surface area contributed by atoms with Gasteiger partial charge in [-0.2, -0.15) is 0 Å². The van der Waals surface area contributed by atoms with Crippen molar-refractivity contribution in [2.45, 2.75) is 25.2 Å². The summed E-state index contributed by atoms with van der Waals surface area (Å²) in [6.45, 7) is 3.79. The van der Waals surface area contributed by atoms with Crippen LogP contribution >= 0.6 is 0 Å². The average molecular weight is 162 g/mol. The lowest BCUT2D eigenvalue weighted by Crippen LogP contribution is -2.58. The van der Waals surface area contributed by atoms with Gasteiger partial charge in [-0.15, -0.1) is 0 Å². The summed E-state index contributed by atoms with van der Waals surface area (Å²) in [5, 5.41) is 19.1. The molecule has 1 aliphatic heterocycles. The van der Waals surface area contributed by atoms with Crippen LogP contribution in [0.1, 0.15) is 13.8 Å². The summed E-state index contributed by atoms with van der Waals surface area (Å²) in [5.74, 6) is -1.55. The van der Waals surface area contributed by atoms with Crippen LogP contribution in [0.3, 0.4) is 0 Å². The number of ether oxygens (including phenoxy) is 2. The molecule has 1 fully saturated rings. The van der Waals surface area contributed by atoms with Crippen LogP contribution < -0.4 is 0 Å². The molecular weight excluding hydrogens is 148 g/mol. The van der Waals surface area contributed by atoms with Crippen LogP contribution in [0.5, 0.6) is 0 Å². The summed E-state index contributed by atoms with van der Waals surface area (Å²) in [5.41, 5.74) is -1.28. The average Bonchev–Trinajstić information content (AvgIpc) is 1.87. The van der Waals surface area contributed by atoms with Crippen LogP contribution in [0.4, 0.5) is 0 Å². The quantitative estimate of drug-likeness (QED) is 0.545. The molecule has 0 aromatic carbocycles. The zero-order valence-electron chi connectivity index (χ0n) is 6.83. The van der Waals surface area contributed by atoms with Crippen LogP contribution in [0, 0.1) is 0 Å². The molecule has 1 saturated heterocycles. The number of rotatable bonds is 1. The second-order valence-electron chi connectivity index (χ2n) is 3.24. The predicted molar refractivity (Wildman–Crippen MR) is 38.0 cm³/mol. The lowest BCUT2D eigenvalue weighted by Gasteiger charge is -2.40. The molecule has 4 heteroatoms. The molecule has 1 rings (SSSR count). The van der Waals surface area contributed by atoms with Crippen molar-refractivity contribution in [3.63, 3.8) is 0 Å². The zero-order valence-corrected chi connectivity index (χ0v) is 6.83. The van der Waals surface area contributed by atoms with Gasteiger partial charge in [-0.1, -0.05) is 0 Å². The normalized spacial score (nSPS) is 33.8. The van der Waals surface area contributed by atoms with Crippen molar-refractivity contribution in [3.8, 4) is 0 Å². The number of aliphatic hydroxyl groups is 2. The van der Waals surface area contributed by atoms with Gasteiger partial charge in [0.05, 0.1) is 13.2 Å². The summed E-state index contributed by atoms with van der Waals surface area (Å²) in [6.07, 6.45) is 0. The molecule has 1 unspecified atom stereocenters. The van der Waals surface area contributed by atoms with Gasteiger partial charge < -0.3 is 19.7 Å². The Hall–Kier alpha value is -0.160. The Kier molecular flexibility index (Phi) is 2.20. The fraction of sp³-hybridized carbons (Fsp3) is 1.00. The van der Waals surface area contributed by atoms with Gasteiger partial charge in [0.1, 0.15) is 12.2 Å². The van der Waals surface area contributed by atoms with E-state index in [4.69, 9.17) is 9.47 Å². The van der Waals surface area contributed by atoms with Crippen LogP contribution in [-0.4, -0.2) is 41.4 Å². The summed E-state index contributed by atoms with van der Waals surface area (Å²) in [4.78, 5) is 0. The first-order valence-electron chi connectivity index (χ1n) is 3.62. The molecule has 1 heterocycles. The van der Waals surface area contributed by atoms with E-state index in [1.54, 1.807) is 0 Å². The Morgan fingerprint density at radius 3 is 2.27 bits per heavy atom. The van der Waals surface area contributed by atoms with E-state index in [0.717, 1.165) is 0 Å². The second-order valence-corrected chi connectivity index (χ2v) is 3.24. The Morgan fingerprint density at radius 1 is 1.36 bits per heavy atom. The largest absolute Gasteiger partial charge is 0.385 e. The van der Waals surface area contributed by atoms with Crippen molar-refractivity contribution >= 4 is 0 Å². The molecule has 0 spiro atoms. The van der Waals surface area contributed by atoms with Gasteiger partial charge in [0.2, 0.25) is 5.79 Å². The van der Waals surface area contributed by atoms with E-state index < -0.39 is 11.4 Å². The Labute approximate surface area is 65.7 Å². The van der Waals surface area contributed by atoms with E-state index in [-0.39, 0.29) is 6.61 Å². The van der Waals surface area contributed by atoms with Crippen LogP contribution in [0.15, 0.2) is 0 Å². The SMILES string of the molecule is CC(C)(O)C1(O)COCCO1. The molecule has 0 amide bonds. The molecule has 0 saturated carbocycles. The number of hydrogen-bond donors (Lipinski definition) is 2. The van der Waals surface area contributed by atoms with Gasteiger partial charge in [-0.3, -0.25) is 0 Å². The molecule has 11 heavy (non-hydrogen) atoms. The maximum absolute atomic E-state index is 9.61. The highest BCUT2D eigenvalue weighted by molar-refractivity contribution is 4.86. The topological polar surface area (TPSA) is 58.9 Å². The fourth-order valence-electron chi connectivity index (χ4n) is 0.875. The van der Waals surface area contributed by atoms with Crippen molar-refractivity contribution < 1.29 is 19.7 Å². The smallest absolute Gasteiger partial charge is 0.218 e. The predicted octanol–water partition coefficient (Wildman–Crippen LogP) is -0.507. The van der Waals surface area contributed by atoms with Crippen LogP contribution in [-0.2, 0) is 9.47 Å². The van der Waals surface area contributed by atoms with Gasteiger partial charge in [0.25, 0.3) is 0 Å². The molecule has 1 aliphatic rings. The standard InChI is InChI=1S/C7H14O4/c1-6(2,8)7(9)5-10-3-4-11-7/h8-9H,3-5H2,1-2H3. The van der Waals surface area contributed by atoms with Crippen molar-refractivity contribution in [2.24, 2.45) is 0 Å². The summed E-state index contributed by atoms with van der Waals surface area (Å²) < 4.78 is 9.99. The second kappa shape index (κ2) is 2.71. The summed E-state index contributed by atoms with van der Waals surface area (Å²) in [7, 11) is 0. The van der Waals surface area contributed by atoms with Crippen molar-refractivity contribution in [1.82, 2.24) is 0 Å². The van der Waals surface area contributed by atoms with E-state index in [1.807, 2.05) is 0 Å². The zero-order chi connectivity index (χ0) is 8.54. The first-order valence-corrected chi connectivity index (χ1v) is 3.62. The molecule has 0 aromatic rings. The molecule has 1 atom stereocenters. The van der Waals surface area contributed by atoms with Crippen molar-refractivity contribution in [1.29, 1.82) is 0 Å². The Balaban J connectivity index is 2.64. The van der Waals surface area contributed by atoms with Gasteiger partial charge in [-0.05, 0) is 13.8 Å². The van der Waals surface area contributed by atoms with Crippen LogP contribution in [0.2, 0.25) is 0 Å². The minimum Gasteiger partial charge on any atom is -0.385 e. The highest BCUT2D eigenvalue weighted by atomic mass is 16.7. The molecule has 0 aromatic heterocycles. The monoisotopic (exact) mass is 162 g/mol. The third-order valence-electron chi connectivity index (χ3n) is 1.82. The molecule has 4 nitrogen and oxygen atoms in total. The van der Waals surface area contributed by atoms with E-state index in [0.29, 0.717) is 13.2 Å². The van der Waals surface area contributed by atoms with E-state index >= 15 is 0 Å². The van der Waals surface area contributed by atoms with Crippen molar-refractivity contribution in [3.05, 3.63) is 0 Å². The molecule has 0 bridgehead atoms. The van der Waals surface area contributed by atoms with E-state index in [9.17, 15) is 10.2 Å². The first kappa shape index (κ1) is 8.93. The van der Waals surface area contributed by atoms with E-state index in [2.05, 4.69) is 0 Å². The summed E-state index contributed by atoms with van der Waals surface area (Å²) >= 11 is 0. The third kappa shape index (κ3) is 1.70. The molecule has 0 radical (unpaired) electrons. The maximum atomic E-state index is 9.61. The lowest BCUT2D eigenvalue weighted by atomic mass is 9.98. The fourth-order valence-corrected chi connectivity index (χ4v) is 0.875. The number of hydrogen-bond acceptors (Lipinski definition) is 4. The van der Waals surface area contributed by atoms with Crippen molar-refractivity contribution in [2.75, 3.05) is 19.8 Å². The molecule has 0 aliphatic carbocycles. The maximum Gasteiger partial charge on any atom is 0.218 e. The molecule has 66 valence electrons. The van der Waals surface area contributed by atoms with Gasteiger partial charge in [-0.25, -0.2) is 0 Å². The lowest BCUT2D eigenvalue weighted by molar-refractivity contribution is -0.333. The Morgan fingerprint density at radius 2 is 2.00 bits per heavy atom. The highest BCUT2D eigenvalue weighted by Crippen LogP contribution is 2.25. The van der Waals surface area contributed by atoms with E-state index in [1.165, 1.54) is 13.8 Å². The van der Waals surface area contributed by atoms with Gasteiger partial charge in [0, 0.05) is 0 Å². The minimum absolute atomic E-state index is 0.0243. The Bertz CT molecular complexity index is 132. The minimum atomic E-state index is -1.55. The van der Waals surface area contributed by atoms with Crippen LogP contribution in [0.25, 0.3) is 0 Å². The molecular formula is C7H14O4. The molecule has 2 N–H and O–H groups in total. The highest BCUT2D eigenvalue weighted by Gasteiger charge is 2.45. The summed E-state index contributed by atoms with van der Waals surface area (Å²) in [6, 6.07) is 0. The van der Waals surface area contributed by atoms with Gasteiger partial charge >= 0.3 is 0 Å². The third-order valence-corrected chi connectivity index (χ3v) is 1.82.